The van der Waals surface area contributed by atoms with Crippen molar-refractivity contribution in [2.75, 3.05) is 13.6 Å². The van der Waals surface area contributed by atoms with E-state index in [0.717, 1.165) is 6.54 Å². The summed E-state index contributed by atoms with van der Waals surface area (Å²) < 4.78 is 0. The highest BCUT2D eigenvalue weighted by Gasteiger charge is 1.50. The van der Waals surface area contributed by atoms with Crippen molar-refractivity contribution >= 4 is 0 Å². The van der Waals surface area contributed by atoms with Gasteiger partial charge in [-0.3, -0.25) is 0 Å². The minimum Gasteiger partial charge on any atom is -0.320 e. The lowest BCUT2D eigenvalue weighted by Crippen LogP contribution is -2.01. The first-order valence-corrected chi connectivity index (χ1v) is 2.56. The highest BCUT2D eigenvalue weighted by atomic mass is 14.8. The second-order valence-corrected chi connectivity index (χ2v) is 0.707. The van der Waals surface area contributed by atoms with E-state index in [1.807, 2.05) is 20.9 Å². The minimum absolute atomic E-state index is 0. The van der Waals surface area contributed by atoms with Crippen molar-refractivity contribution in [3.63, 3.8) is 0 Å². The summed E-state index contributed by atoms with van der Waals surface area (Å²) in [5, 5.41) is 2.93. The van der Waals surface area contributed by atoms with Gasteiger partial charge in [-0.1, -0.05) is 20.8 Å². The molecule has 0 atom stereocenters. The topological polar surface area (TPSA) is 12.0 Å². The van der Waals surface area contributed by atoms with E-state index in [0.29, 0.717) is 0 Å². The zero-order chi connectivity index (χ0) is 5.41. The third-order valence-corrected chi connectivity index (χ3v) is 0.354. The molecule has 1 heteroatoms. The van der Waals surface area contributed by atoms with Gasteiger partial charge in [0.2, 0.25) is 0 Å². The molecule has 0 aliphatic carbocycles. The Morgan fingerprint density at radius 2 is 1.67 bits per heavy atom. The molecule has 0 spiro atoms. The first-order chi connectivity index (χ1) is 2.91. The van der Waals surface area contributed by atoms with Gasteiger partial charge in [0.05, 0.1) is 0 Å². The SMILES string of the molecule is CC.CCNC.[HH]. The van der Waals surface area contributed by atoms with E-state index in [9.17, 15) is 0 Å². The number of nitrogens with one attached hydrogen (secondary N) is 1. The summed E-state index contributed by atoms with van der Waals surface area (Å²) in [6, 6.07) is 0. The van der Waals surface area contributed by atoms with Gasteiger partial charge in [0.1, 0.15) is 0 Å². The molecule has 6 heavy (non-hydrogen) atoms. The molecule has 0 aliphatic heterocycles. The Morgan fingerprint density at radius 1 is 1.50 bits per heavy atom. The van der Waals surface area contributed by atoms with Gasteiger partial charge in [0, 0.05) is 1.43 Å². The van der Waals surface area contributed by atoms with Crippen LogP contribution in [0.1, 0.15) is 22.2 Å². The van der Waals surface area contributed by atoms with Crippen molar-refractivity contribution in [1.82, 2.24) is 5.32 Å². The van der Waals surface area contributed by atoms with Gasteiger partial charge in [-0.25, -0.2) is 0 Å². The van der Waals surface area contributed by atoms with Gasteiger partial charge < -0.3 is 5.32 Å². The molecule has 1 N–H and O–H groups in total. The molecule has 0 amide bonds. The highest BCUT2D eigenvalue weighted by Crippen LogP contribution is 1.34. The third-order valence-electron chi connectivity index (χ3n) is 0.354. The summed E-state index contributed by atoms with van der Waals surface area (Å²) >= 11 is 0. The molecule has 0 radical (unpaired) electrons. The Morgan fingerprint density at radius 3 is 1.67 bits per heavy atom. The van der Waals surface area contributed by atoms with Crippen LogP contribution in [0.5, 0.6) is 0 Å². The van der Waals surface area contributed by atoms with Gasteiger partial charge >= 0.3 is 0 Å². The molecule has 0 heterocycles. The maximum absolute atomic E-state index is 2.93. The standard InChI is InChI=1S/C3H9N.C2H6.H2/c1-3-4-2;1-2;/h4H,3H2,1-2H3;1-2H3;1H. The largest absolute Gasteiger partial charge is 0.320 e. The Balaban J connectivity index is -0.0000000480. The van der Waals surface area contributed by atoms with Crippen LogP contribution in [0.2, 0.25) is 0 Å². The van der Waals surface area contributed by atoms with Crippen molar-refractivity contribution in [3.8, 4) is 0 Å². The molecule has 0 aromatic carbocycles. The van der Waals surface area contributed by atoms with Gasteiger partial charge in [0.15, 0.2) is 0 Å². The van der Waals surface area contributed by atoms with Crippen LogP contribution in [-0.4, -0.2) is 13.6 Å². The average Bonchev–Trinajstić information content (AvgIpc) is 1.72. The fraction of sp³-hybridized carbons (Fsp3) is 1.00. The number of rotatable bonds is 1. The van der Waals surface area contributed by atoms with E-state index < -0.39 is 0 Å². The maximum Gasteiger partial charge on any atom is 0 e. The molecule has 0 saturated carbocycles. The zero-order valence-corrected chi connectivity index (χ0v) is 5.21. The molecular weight excluding hydrogens is 74.1 g/mol. The Kier molecular flexibility index (Phi) is 31.6. The summed E-state index contributed by atoms with van der Waals surface area (Å²) in [4.78, 5) is 0. The molecule has 0 unspecified atom stereocenters. The second kappa shape index (κ2) is 20.2. The second-order valence-electron chi connectivity index (χ2n) is 0.707. The first-order valence-electron chi connectivity index (χ1n) is 2.56. The zero-order valence-electron chi connectivity index (χ0n) is 5.21. The summed E-state index contributed by atoms with van der Waals surface area (Å²) in [7, 11) is 1.93. The highest BCUT2D eigenvalue weighted by molar-refractivity contribution is 4.15. The van der Waals surface area contributed by atoms with Crippen LogP contribution < -0.4 is 5.32 Å². The molecule has 0 saturated heterocycles. The molecule has 0 bridgehead atoms. The molecule has 0 aromatic rings. The van der Waals surface area contributed by atoms with Crippen molar-refractivity contribution in [2.45, 2.75) is 20.8 Å². The molecule has 0 aliphatic rings. The van der Waals surface area contributed by atoms with Crippen molar-refractivity contribution in [2.24, 2.45) is 0 Å². The van der Waals surface area contributed by atoms with E-state index in [2.05, 4.69) is 12.2 Å². The van der Waals surface area contributed by atoms with Crippen LogP contribution in [0.15, 0.2) is 0 Å². The Bertz CT molecular complexity index is 10.0. The van der Waals surface area contributed by atoms with Crippen LogP contribution in [-0.2, 0) is 0 Å². The molecule has 0 fully saturated rings. The van der Waals surface area contributed by atoms with Gasteiger partial charge in [0.25, 0.3) is 0 Å². The fourth-order valence-corrected chi connectivity index (χ4v) is 0. The Hall–Kier alpha value is -0.0400. The smallest absolute Gasteiger partial charge is 0 e. The quantitative estimate of drug-likeness (QED) is 0.515. The lowest BCUT2D eigenvalue weighted by molar-refractivity contribution is 0.864. The van der Waals surface area contributed by atoms with E-state index in [-0.39, 0.29) is 1.43 Å². The average molecular weight is 91.2 g/mol. The molecular formula is C5H17N. The van der Waals surface area contributed by atoms with Gasteiger partial charge in [-0.2, -0.15) is 0 Å². The van der Waals surface area contributed by atoms with Crippen molar-refractivity contribution in [1.29, 1.82) is 0 Å². The van der Waals surface area contributed by atoms with E-state index in [1.54, 1.807) is 0 Å². The summed E-state index contributed by atoms with van der Waals surface area (Å²) in [5.74, 6) is 0. The molecule has 0 aromatic heterocycles. The normalized spacial score (nSPS) is 6.00. The predicted molar refractivity (Wildman–Crippen MR) is 33.1 cm³/mol. The van der Waals surface area contributed by atoms with Crippen molar-refractivity contribution in [3.05, 3.63) is 0 Å². The van der Waals surface area contributed by atoms with Crippen LogP contribution >= 0.6 is 0 Å². The van der Waals surface area contributed by atoms with Crippen molar-refractivity contribution < 1.29 is 1.43 Å². The summed E-state index contributed by atoms with van der Waals surface area (Å²) in [6.45, 7) is 7.14. The van der Waals surface area contributed by atoms with Gasteiger partial charge in [-0.15, -0.1) is 0 Å². The third kappa shape index (κ3) is 37.6. The van der Waals surface area contributed by atoms with E-state index in [4.69, 9.17) is 0 Å². The lowest BCUT2D eigenvalue weighted by Gasteiger charge is -1.76. The summed E-state index contributed by atoms with van der Waals surface area (Å²) in [6.07, 6.45) is 0. The Labute approximate surface area is 42.2 Å². The van der Waals surface area contributed by atoms with Crippen LogP contribution in [0.25, 0.3) is 0 Å². The van der Waals surface area contributed by atoms with Crippen LogP contribution in [0, 0.1) is 0 Å². The fourth-order valence-electron chi connectivity index (χ4n) is 0. The van der Waals surface area contributed by atoms with E-state index >= 15 is 0 Å². The number of hydrogen-bond donors (Lipinski definition) is 1. The predicted octanol–water partition coefficient (Wildman–Crippen LogP) is 1.50. The lowest BCUT2D eigenvalue weighted by atomic mass is 10.8. The van der Waals surface area contributed by atoms with Crippen LogP contribution in [0.4, 0.5) is 0 Å². The minimum atomic E-state index is 0. The van der Waals surface area contributed by atoms with Gasteiger partial charge in [-0.05, 0) is 13.6 Å². The monoisotopic (exact) mass is 91.1 g/mol. The van der Waals surface area contributed by atoms with E-state index in [1.165, 1.54) is 0 Å². The molecule has 1 nitrogen and oxygen atoms in total. The summed E-state index contributed by atoms with van der Waals surface area (Å²) in [5.41, 5.74) is 0. The first kappa shape index (κ1) is 9.35. The number of hydrogen-bond acceptors (Lipinski definition) is 1. The van der Waals surface area contributed by atoms with Crippen LogP contribution in [0.3, 0.4) is 0 Å². The maximum atomic E-state index is 2.93. The molecule has 0 rings (SSSR count). The molecule has 42 valence electrons.